The minimum absolute atomic E-state index is 0. The number of thiazole rings is 1. The van der Waals surface area contributed by atoms with Gasteiger partial charge in [0.05, 0.1) is 5.69 Å². The normalized spacial score (nSPS) is 10.4. The van der Waals surface area contributed by atoms with Crippen molar-refractivity contribution in [1.82, 2.24) is 15.0 Å². The second-order valence-electron chi connectivity index (χ2n) is 6.55. The Bertz CT molecular complexity index is 1060. The highest BCUT2D eigenvalue weighted by Gasteiger charge is 2.19. The first-order valence-electron chi connectivity index (χ1n) is 9.10. The molecular formula is C22H21ClN4OS. The molecule has 5 nitrogen and oxygen atoms in total. The minimum Gasteiger partial charge on any atom is -0.341 e. The second kappa shape index (κ2) is 9.49. The zero-order chi connectivity index (χ0) is 19.3. The molecule has 1 amide bonds. The number of H-pyrrole nitrogens is 1. The summed E-state index contributed by atoms with van der Waals surface area (Å²) in [7, 11) is 0. The predicted octanol–water partition coefficient (Wildman–Crippen LogP) is 5.30. The fourth-order valence-corrected chi connectivity index (χ4v) is 3.51. The van der Waals surface area contributed by atoms with E-state index in [0.717, 1.165) is 29.9 Å². The van der Waals surface area contributed by atoms with Crippen molar-refractivity contribution in [3.8, 4) is 11.3 Å². The minimum atomic E-state index is -0.257. The Morgan fingerprint density at radius 1 is 1.07 bits per heavy atom. The summed E-state index contributed by atoms with van der Waals surface area (Å²) in [6, 6.07) is 18.3. The van der Waals surface area contributed by atoms with Gasteiger partial charge in [-0.1, -0.05) is 60.2 Å². The standard InChI is InChI=1S/C22H20N4OS.ClH/c1-15-7-10-17(11-8-15)19-20(21(27)26-22-23-13-14-28-22)25-18(24-19)12-9-16-5-3-2-4-6-16;/h2-8,10-11,13-14H,9,12H2,1H3,(H,24,25)(H,23,26,27);1H. The number of imidazole rings is 1. The van der Waals surface area contributed by atoms with Crippen LogP contribution in [0.15, 0.2) is 66.2 Å². The van der Waals surface area contributed by atoms with E-state index in [2.05, 4.69) is 32.4 Å². The molecule has 7 heteroatoms. The number of rotatable bonds is 6. The Morgan fingerprint density at radius 2 is 1.83 bits per heavy atom. The van der Waals surface area contributed by atoms with Crippen molar-refractivity contribution in [3.63, 3.8) is 0 Å². The molecule has 0 radical (unpaired) electrons. The van der Waals surface area contributed by atoms with Gasteiger partial charge in [-0.05, 0) is 18.9 Å². The molecule has 29 heavy (non-hydrogen) atoms. The molecule has 0 aliphatic carbocycles. The topological polar surface area (TPSA) is 70.7 Å². The van der Waals surface area contributed by atoms with Crippen LogP contribution in [0.4, 0.5) is 5.13 Å². The monoisotopic (exact) mass is 424 g/mol. The summed E-state index contributed by atoms with van der Waals surface area (Å²) in [6.07, 6.45) is 3.25. The Kier molecular flexibility index (Phi) is 6.80. The van der Waals surface area contributed by atoms with Gasteiger partial charge in [-0.25, -0.2) is 9.97 Å². The average molecular weight is 425 g/mol. The Labute approximate surface area is 179 Å². The van der Waals surface area contributed by atoms with Crippen LogP contribution in [0.25, 0.3) is 11.3 Å². The molecule has 0 aliphatic heterocycles. The molecule has 0 atom stereocenters. The lowest BCUT2D eigenvalue weighted by molar-refractivity contribution is 0.102. The highest BCUT2D eigenvalue weighted by atomic mass is 35.5. The lowest BCUT2D eigenvalue weighted by Crippen LogP contribution is -2.13. The van der Waals surface area contributed by atoms with Gasteiger partial charge in [0.2, 0.25) is 0 Å². The Balaban J connectivity index is 0.00000240. The number of benzene rings is 2. The molecule has 0 spiro atoms. The van der Waals surface area contributed by atoms with E-state index in [0.29, 0.717) is 10.8 Å². The Hall–Kier alpha value is -2.96. The average Bonchev–Trinajstić information content (AvgIpc) is 3.38. The van der Waals surface area contributed by atoms with Crippen LogP contribution in [0.1, 0.15) is 27.4 Å². The van der Waals surface area contributed by atoms with E-state index < -0.39 is 0 Å². The predicted molar refractivity (Wildman–Crippen MR) is 120 cm³/mol. The molecule has 0 bridgehead atoms. The summed E-state index contributed by atoms with van der Waals surface area (Å²) >= 11 is 1.38. The number of aromatic nitrogens is 3. The third-order valence-corrected chi connectivity index (χ3v) is 5.14. The molecule has 0 saturated heterocycles. The van der Waals surface area contributed by atoms with Crippen molar-refractivity contribution in [1.29, 1.82) is 0 Å². The van der Waals surface area contributed by atoms with Gasteiger partial charge >= 0.3 is 0 Å². The molecule has 0 aliphatic rings. The highest BCUT2D eigenvalue weighted by Crippen LogP contribution is 2.24. The van der Waals surface area contributed by atoms with E-state index >= 15 is 0 Å². The van der Waals surface area contributed by atoms with Gasteiger partial charge in [0.1, 0.15) is 5.82 Å². The van der Waals surface area contributed by atoms with Crippen LogP contribution in [0.2, 0.25) is 0 Å². The molecule has 4 aromatic rings. The number of hydrogen-bond acceptors (Lipinski definition) is 4. The number of hydrogen-bond donors (Lipinski definition) is 2. The third-order valence-electron chi connectivity index (χ3n) is 4.45. The number of carbonyl (C=O) groups excluding carboxylic acids is 1. The lowest BCUT2D eigenvalue weighted by atomic mass is 10.1. The lowest BCUT2D eigenvalue weighted by Gasteiger charge is -2.03. The van der Waals surface area contributed by atoms with Gasteiger partial charge in [0, 0.05) is 23.6 Å². The molecule has 2 N–H and O–H groups in total. The summed E-state index contributed by atoms with van der Waals surface area (Å²) in [4.78, 5) is 24.9. The molecule has 4 rings (SSSR count). The summed E-state index contributed by atoms with van der Waals surface area (Å²) in [5, 5.41) is 5.22. The van der Waals surface area contributed by atoms with Gasteiger partial charge in [-0.3, -0.25) is 10.1 Å². The van der Waals surface area contributed by atoms with Crippen LogP contribution in [0.3, 0.4) is 0 Å². The van der Waals surface area contributed by atoms with Crippen LogP contribution < -0.4 is 5.32 Å². The smallest absolute Gasteiger partial charge is 0.278 e. The van der Waals surface area contributed by atoms with Crippen molar-refractivity contribution in [3.05, 3.63) is 88.8 Å². The summed E-state index contributed by atoms with van der Waals surface area (Å²) in [5.74, 6) is 0.538. The van der Waals surface area contributed by atoms with Crippen LogP contribution in [0, 0.1) is 6.92 Å². The summed E-state index contributed by atoms with van der Waals surface area (Å²) in [5.41, 5.74) is 4.47. The number of aryl methyl sites for hydroxylation is 3. The van der Waals surface area contributed by atoms with Gasteiger partial charge in [-0.15, -0.1) is 23.7 Å². The van der Waals surface area contributed by atoms with Crippen molar-refractivity contribution in [2.75, 3.05) is 5.32 Å². The molecule has 0 saturated carbocycles. The van der Waals surface area contributed by atoms with E-state index in [1.165, 1.54) is 22.5 Å². The maximum atomic E-state index is 12.8. The molecular weight excluding hydrogens is 404 g/mol. The van der Waals surface area contributed by atoms with Crippen molar-refractivity contribution in [2.24, 2.45) is 0 Å². The van der Waals surface area contributed by atoms with E-state index in [1.807, 2.05) is 54.8 Å². The SMILES string of the molecule is Cc1ccc(-c2[nH]c(CCc3ccccc3)nc2C(=O)Nc2nccs2)cc1.Cl. The molecule has 2 heterocycles. The first-order valence-corrected chi connectivity index (χ1v) is 9.98. The second-order valence-corrected chi connectivity index (χ2v) is 7.44. The van der Waals surface area contributed by atoms with Crippen LogP contribution in [-0.2, 0) is 12.8 Å². The Morgan fingerprint density at radius 3 is 2.52 bits per heavy atom. The maximum absolute atomic E-state index is 12.8. The number of carbonyl (C=O) groups is 1. The van der Waals surface area contributed by atoms with E-state index in [4.69, 9.17) is 0 Å². The summed E-state index contributed by atoms with van der Waals surface area (Å²) in [6.45, 7) is 2.04. The number of halogens is 1. The van der Waals surface area contributed by atoms with Crippen LogP contribution in [0.5, 0.6) is 0 Å². The zero-order valence-electron chi connectivity index (χ0n) is 15.9. The highest BCUT2D eigenvalue weighted by molar-refractivity contribution is 7.13. The number of nitrogens with zero attached hydrogens (tertiary/aromatic N) is 2. The van der Waals surface area contributed by atoms with Gasteiger partial charge < -0.3 is 4.98 Å². The van der Waals surface area contributed by atoms with Crippen molar-refractivity contribution < 1.29 is 4.79 Å². The molecule has 2 aromatic heterocycles. The molecule has 0 fully saturated rings. The number of nitrogens with one attached hydrogen (secondary N) is 2. The van der Waals surface area contributed by atoms with Gasteiger partial charge in [0.25, 0.3) is 5.91 Å². The maximum Gasteiger partial charge on any atom is 0.278 e. The van der Waals surface area contributed by atoms with E-state index in [1.54, 1.807) is 6.20 Å². The third kappa shape index (κ3) is 5.10. The molecule has 148 valence electrons. The fraction of sp³-hybridized carbons (Fsp3) is 0.136. The van der Waals surface area contributed by atoms with Crippen molar-refractivity contribution >= 4 is 34.8 Å². The van der Waals surface area contributed by atoms with Crippen LogP contribution in [-0.4, -0.2) is 20.9 Å². The number of aromatic amines is 1. The first-order chi connectivity index (χ1) is 13.7. The van der Waals surface area contributed by atoms with Crippen molar-refractivity contribution in [2.45, 2.75) is 19.8 Å². The van der Waals surface area contributed by atoms with Gasteiger partial charge in [-0.2, -0.15) is 0 Å². The molecule has 0 unspecified atom stereocenters. The fourth-order valence-electron chi connectivity index (χ4n) is 2.98. The zero-order valence-corrected chi connectivity index (χ0v) is 17.5. The van der Waals surface area contributed by atoms with Crippen LogP contribution >= 0.6 is 23.7 Å². The number of anilines is 1. The van der Waals surface area contributed by atoms with Gasteiger partial charge in [0.15, 0.2) is 10.8 Å². The first kappa shape index (κ1) is 20.8. The summed E-state index contributed by atoms with van der Waals surface area (Å²) < 4.78 is 0. The van der Waals surface area contributed by atoms with E-state index in [-0.39, 0.29) is 18.3 Å². The van der Waals surface area contributed by atoms with E-state index in [9.17, 15) is 4.79 Å². The molecule has 2 aromatic carbocycles. The quantitative estimate of drug-likeness (QED) is 0.441. The largest absolute Gasteiger partial charge is 0.341 e. The number of amides is 1.